The average molecular weight is 441 g/mol. The summed E-state index contributed by atoms with van der Waals surface area (Å²) >= 11 is 12.5. The average Bonchev–Trinajstić information content (AvgIpc) is 3.35. The van der Waals surface area contributed by atoms with Crippen LogP contribution in [0.3, 0.4) is 0 Å². The standard InChI is InChI=1S/C21H30Cl2N4O2/c1-29-11-10-27-19-13-17(23)16(22)12-18(19)25-21(27)26-8-6-14(7-9-26)20(28)24-15-4-2-3-5-15/h12-15,20,24,28H,2-11H2,1H3. The summed E-state index contributed by atoms with van der Waals surface area (Å²) in [5, 5.41) is 15.1. The van der Waals surface area contributed by atoms with E-state index in [9.17, 15) is 5.11 Å². The molecule has 2 heterocycles. The van der Waals surface area contributed by atoms with Crippen LogP contribution in [-0.4, -0.2) is 53.7 Å². The second-order valence-electron chi connectivity index (χ2n) is 8.23. The third-order valence-electron chi connectivity index (χ3n) is 6.32. The fourth-order valence-corrected chi connectivity index (χ4v) is 4.95. The van der Waals surface area contributed by atoms with Crippen LogP contribution < -0.4 is 10.2 Å². The van der Waals surface area contributed by atoms with Crippen LogP contribution in [0.15, 0.2) is 12.1 Å². The fourth-order valence-electron chi connectivity index (χ4n) is 4.64. The first kappa shape index (κ1) is 21.2. The van der Waals surface area contributed by atoms with E-state index in [1.54, 1.807) is 7.11 Å². The summed E-state index contributed by atoms with van der Waals surface area (Å²) in [6, 6.07) is 4.19. The van der Waals surface area contributed by atoms with E-state index in [1.807, 2.05) is 12.1 Å². The number of methoxy groups -OCH3 is 1. The van der Waals surface area contributed by atoms with Gasteiger partial charge in [-0.3, -0.25) is 5.32 Å². The molecule has 0 bridgehead atoms. The molecule has 2 aromatic rings. The topological polar surface area (TPSA) is 62.5 Å². The number of anilines is 1. The third kappa shape index (κ3) is 4.67. The van der Waals surface area contributed by atoms with Crippen molar-refractivity contribution < 1.29 is 9.84 Å². The molecule has 6 nitrogen and oxygen atoms in total. The number of aliphatic hydroxyl groups is 1. The van der Waals surface area contributed by atoms with Crippen molar-refractivity contribution in [1.29, 1.82) is 0 Å². The van der Waals surface area contributed by atoms with Crippen LogP contribution in [0.1, 0.15) is 38.5 Å². The van der Waals surface area contributed by atoms with E-state index in [-0.39, 0.29) is 5.92 Å². The number of imidazole rings is 1. The highest BCUT2D eigenvalue weighted by Gasteiger charge is 2.29. The van der Waals surface area contributed by atoms with Crippen LogP contribution in [-0.2, 0) is 11.3 Å². The number of aromatic nitrogens is 2. The Balaban J connectivity index is 1.48. The monoisotopic (exact) mass is 440 g/mol. The highest BCUT2D eigenvalue weighted by Crippen LogP contribution is 2.32. The van der Waals surface area contributed by atoms with Gasteiger partial charge in [-0.25, -0.2) is 4.98 Å². The van der Waals surface area contributed by atoms with Gasteiger partial charge in [0.05, 0.1) is 27.7 Å². The number of fused-ring (bicyclic) bond motifs is 1. The number of nitrogens with zero attached hydrogens (tertiary/aromatic N) is 3. The molecule has 1 saturated heterocycles. The Hall–Kier alpha value is -1.05. The number of piperidine rings is 1. The predicted octanol–water partition coefficient (Wildman–Crippen LogP) is 4.06. The van der Waals surface area contributed by atoms with Crippen LogP contribution in [0.2, 0.25) is 10.0 Å². The molecule has 1 aromatic carbocycles. The van der Waals surface area contributed by atoms with Gasteiger partial charge in [0.25, 0.3) is 0 Å². The minimum Gasteiger partial charge on any atom is -0.383 e. The third-order valence-corrected chi connectivity index (χ3v) is 7.04. The smallest absolute Gasteiger partial charge is 0.206 e. The van der Waals surface area contributed by atoms with Gasteiger partial charge >= 0.3 is 0 Å². The molecule has 2 N–H and O–H groups in total. The second-order valence-corrected chi connectivity index (χ2v) is 9.04. The van der Waals surface area contributed by atoms with E-state index < -0.39 is 6.23 Å². The number of hydrogen-bond donors (Lipinski definition) is 2. The number of rotatable bonds is 7. The van der Waals surface area contributed by atoms with Crippen LogP contribution in [0.4, 0.5) is 5.95 Å². The molecule has 1 atom stereocenters. The molecule has 1 aliphatic carbocycles. The van der Waals surface area contributed by atoms with Crippen LogP contribution in [0, 0.1) is 5.92 Å². The molecule has 1 unspecified atom stereocenters. The van der Waals surface area contributed by atoms with E-state index in [0.717, 1.165) is 42.9 Å². The van der Waals surface area contributed by atoms with Crippen molar-refractivity contribution in [3.63, 3.8) is 0 Å². The van der Waals surface area contributed by atoms with Gasteiger partial charge in [-0.1, -0.05) is 36.0 Å². The zero-order chi connectivity index (χ0) is 20.4. The Morgan fingerprint density at radius 1 is 1.17 bits per heavy atom. The number of hydrogen-bond acceptors (Lipinski definition) is 5. The Morgan fingerprint density at radius 3 is 2.55 bits per heavy atom. The van der Waals surface area contributed by atoms with Gasteiger partial charge in [-0.15, -0.1) is 0 Å². The van der Waals surface area contributed by atoms with E-state index in [2.05, 4.69) is 14.8 Å². The van der Waals surface area contributed by atoms with Gasteiger partial charge in [0.15, 0.2) is 0 Å². The van der Waals surface area contributed by atoms with Gasteiger partial charge in [-0.05, 0) is 37.8 Å². The molecule has 160 valence electrons. The van der Waals surface area contributed by atoms with Crippen molar-refractivity contribution in [3.8, 4) is 0 Å². The van der Waals surface area contributed by atoms with Crippen molar-refractivity contribution in [2.75, 3.05) is 31.7 Å². The number of aliphatic hydroxyl groups excluding tert-OH is 1. The van der Waals surface area contributed by atoms with Gasteiger partial charge < -0.3 is 19.3 Å². The van der Waals surface area contributed by atoms with Gasteiger partial charge in [0, 0.05) is 38.7 Å². The molecule has 0 radical (unpaired) electrons. The van der Waals surface area contributed by atoms with Crippen LogP contribution in [0.25, 0.3) is 11.0 Å². The van der Waals surface area contributed by atoms with Crippen molar-refractivity contribution in [1.82, 2.24) is 14.9 Å². The fraction of sp³-hybridized carbons (Fsp3) is 0.667. The molecular formula is C21H30Cl2N4O2. The molecule has 0 amide bonds. The number of halogens is 2. The molecule has 8 heteroatoms. The molecule has 1 aliphatic heterocycles. The van der Waals surface area contributed by atoms with Gasteiger partial charge in [0.2, 0.25) is 5.95 Å². The number of ether oxygens (including phenoxy) is 1. The van der Waals surface area contributed by atoms with Crippen molar-refractivity contribution >= 4 is 40.2 Å². The van der Waals surface area contributed by atoms with Crippen LogP contribution in [0.5, 0.6) is 0 Å². The number of benzene rings is 1. The Labute approximate surface area is 182 Å². The summed E-state index contributed by atoms with van der Waals surface area (Å²) in [5.41, 5.74) is 1.81. The summed E-state index contributed by atoms with van der Waals surface area (Å²) in [7, 11) is 1.70. The first-order valence-electron chi connectivity index (χ1n) is 10.6. The molecule has 2 fully saturated rings. The first-order valence-corrected chi connectivity index (χ1v) is 11.4. The molecule has 2 aliphatic rings. The van der Waals surface area contributed by atoms with E-state index >= 15 is 0 Å². The predicted molar refractivity (Wildman–Crippen MR) is 118 cm³/mol. The van der Waals surface area contributed by atoms with Crippen molar-refractivity contribution in [2.45, 2.75) is 57.3 Å². The normalized spacial score (nSPS) is 20.1. The summed E-state index contributed by atoms with van der Waals surface area (Å²) in [4.78, 5) is 7.16. The highest BCUT2D eigenvalue weighted by atomic mass is 35.5. The molecule has 29 heavy (non-hydrogen) atoms. The summed E-state index contributed by atoms with van der Waals surface area (Å²) in [6.45, 7) is 3.03. The van der Waals surface area contributed by atoms with Crippen molar-refractivity contribution in [3.05, 3.63) is 22.2 Å². The lowest BCUT2D eigenvalue weighted by molar-refractivity contribution is 0.0512. The first-order chi connectivity index (χ1) is 14.1. The quantitative estimate of drug-likeness (QED) is 0.635. The zero-order valence-corrected chi connectivity index (χ0v) is 18.4. The maximum Gasteiger partial charge on any atom is 0.206 e. The Morgan fingerprint density at radius 2 is 1.86 bits per heavy atom. The minimum atomic E-state index is -0.412. The van der Waals surface area contributed by atoms with E-state index in [1.165, 1.54) is 25.7 Å². The highest BCUT2D eigenvalue weighted by molar-refractivity contribution is 6.42. The van der Waals surface area contributed by atoms with E-state index in [0.29, 0.717) is 29.2 Å². The lowest BCUT2D eigenvalue weighted by atomic mass is 9.94. The van der Waals surface area contributed by atoms with Crippen LogP contribution >= 0.6 is 23.2 Å². The van der Waals surface area contributed by atoms with Gasteiger partial charge in [0.1, 0.15) is 6.23 Å². The zero-order valence-electron chi connectivity index (χ0n) is 16.9. The summed E-state index contributed by atoms with van der Waals surface area (Å²) in [6.07, 6.45) is 6.38. The minimum absolute atomic E-state index is 0.285. The Bertz CT molecular complexity index is 830. The molecule has 1 aromatic heterocycles. The van der Waals surface area contributed by atoms with Gasteiger partial charge in [-0.2, -0.15) is 0 Å². The van der Waals surface area contributed by atoms with E-state index in [4.69, 9.17) is 32.9 Å². The summed E-state index contributed by atoms with van der Waals surface area (Å²) < 4.78 is 7.47. The second kappa shape index (κ2) is 9.40. The molecule has 4 rings (SSSR count). The molecular weight excluding hydrogens is 411 g/mol. The Kier molecular flexibility index (Phi) is 6.87. The lowest BCUT2D eigenvalue weighted by Crippen LogP contribution is -2.46. The molecule has 0 spiro atoms. The SMILES string of the molecule is COCCn1c(N2CCC(C(O)NC3CCCC3)CC2)nc2cc(Cl)c(Cl)cc21. The lowest BCUT2D eigenvalue weighted by Gasteiger charge is -2.36. The maximum atomic E-state index is 10.6. The maximum absolute atomic E-state index is 10.6. The summed E-state index contributed by atoms with van der Waals surface area (Å²) in [5.74, 6) is 1.21. The number of nitrogens with one attached hydrogen (secondary N) is 1. The largest absolute Gasteiger partial charge is 0.383 e. The van der Waals surface area contributed by atoms with Crippen molar-refractivity contribution in [2.24, 2.45) is 5.92 Å². The molecule has 1 saturated carbocycles.